The molecular weight excluding hydrogens is 240 g/mol. The molecular formula is C14H28N4O. The summed E-state index contributed by atoms with van der Waals surface area (Å²) in [6.45, 7) is 8.61. The average molecular weight is 268 g/mol. The number of carbonyl (C=O) groups is 1. The maximum atomic E-state index is 12.2. The highest BCUT2D eigenvalue weighted by molar-refractivity contribution is 5.78. The Morgan fingerprint density at radius 3 is 2.16 bits per heavy atom. The topological polar surface area (TPSA) is 52.8 Å². The van der Waals surface area contributed by atoms with Crippen LogP contribution in [0.2, 0.25) is 0 Å². The Hall–Kier alpha value is -0.650. The maximum absolute atomic E-state index is 12.2. The minimum atomic E-state index is 0.329. The van der Waals surface area contributed by atoms with Gasteiger partial charge >= 0.3 is 0 Å². The number of piperazine rings is 1. The number of carbonyl (C=O) groups excluding carboxylic acids is 1. The average Bonchev–Trinajstić information content (AvgIpc) is 2.47. The van der Waals surface area contributed by atoms with E-state index in [1.165, 1.54) is 19.3 Å². The first-order valence-corrected chi connectivity index (χ1v) is 7.72. The number of rotatable bonds is 5. The number of likely N-dealkylation sites (tertiary alicyclic amines) is 1. The number of hydrogen-bond donors (Lipinski definition) is 1. The molecule has 2 saturated heterocycles. The van der Waals surface area contributed by atoms with Crippen molar-refractivity contribution in [3.63, 3.8) is 0 Å². The molecule has 19 heavy (non-hydrogen) atoms. The van der Waals surface area contributed by atoms with Crippen molar-refractivity contribution in [1.29, 1.82) is 0 Å². The number of hydrogen-bond acceptors (Lipinski definition) is 4. The number of nitrogens with two attached hydrogens (primary N) is 1. The van der Waals surface area contributed by atoms with Crippen molar-refractivity contribution in [2.45, 2.75) is 25.7 Å². The van der Waals surface area contributed by atoms with E-state index in [-0.39, 0.29) is 0 Å². The standard InChI is InChI=1S/C14H28N4O/c15-5-4-6-16-9-11-17(12-10-16)13-14(19)18-7-2-1-3-8-18/h1-13,15H2. The lowest BCUT2D eigenvalue weighted by atomic mass is 10.1. The molecule has 0 spiro atoms. The number of amides is 1. The third kappa shape index (κ3) is 4.75. The van der Waals surface area contributed by atoms with Gasteiger partial charge in [-0.2, -0.15) is 0 Å². The molecule has 0 bridgehead atoms. The lowest BCUT2D eigenvalue weighted by Gasteiger charge is -2.36. The van der Waals surface area contributed by atoms with Gasteiger partial charge in [-0.05, 0) is 38.8 Å². The fourth-order valence-corrected chi connectivity index (χ4v) is 2.92. The van der Waals surface area contributed by atoms with E-state index >= 15 is 0 Å². The first-order valence-electron chi connectivity index (χ1n) is 7.72. The van der Waals surface area contributed by atoms with Crippen LogP contribution in [0, 0.1) is 0 Å². The van der Waals surface area contributed by atoms with Gasteiger partial charge in [-0.1, -0.05) is 0 Å². The third-order valence-electron chi connectivity index (χ3n) is 4.21. The Balaban J connectivity index is 1.65. The first kappa shape index (κ1) is 14.8. The van der Waals surface area contributed by atoms with Crippen LogP contribution in [-0.4, -0.2) is 79.5 Å². The Kier molecular flexibility index (Phi) is 6.07. The number of nitrogens with zero attached hydrogens (tertiary/aromatic N) is 3. The van der Waals surface area contributed by atoms with Crippen LogP contribution in [0.1, 0.15) is 25.7 Å². The molecule has 1 amide bonds. The zero-order valence-corrected chi connectivity index (χ0v) is 12.0. The quantitative estimate of drug-likeness (QED) is 0.760. The minimum Gasteiger partial charge on any atom is -0.342 e. The summed E-state index contributed by atoms with van der Waals surface area (Å²) in [5.41, 5.74) is 5.53. The molecule has 0 aliphatic carbocycles. The predicted molar refractivity (Wildman–Crippen MR) is 77.0 cm³/mol. The molecule has 2 aliphatic rings. The third-order valence-corrected chi connectivity index (χ3v) is 4.21. The van der Waals surface area contributed by atoms with Gasteiger partial charge in [0.15, 0.2) is 0 Å². The molecule has 2 aliphatic heterocycles. The van der Waals surface area contributed by atoms with E-state index in [1.807, 2.05) is 4.90 Å². The lowest BCUT2D eigenvalue weighted by Crippen LogP contribution is -2.50. The van der Waals surface area contributed by atoms with Gasteiger partial charge in [0.2, 0.25) is 5.91 Å². The van der Waals surface area contributed by atoms with E-state index in [2.05, 4.69) is 9.80 Å². The van der Waals surface area contributed by atoms with Gasteiger partial charge in [0, 0.05) is 39.3 Å². The summed E-state index contributed by atoms with van der Waals surface area (Å²) < 4.78 is 0. The SMILES string of the molecule is NCCCN1CCN(CC(=O)N2CCCCC2)CC1. The summed E-state index contributed by atoms with van der Waals surface area (Å²) in [7, 11) is 0. The van der Waals surface area contributed by atoms with Crippen molar-refractivity contribution >= 4 is 5.91 Å². The molecule has 0 radical (unpaired) electrons. The molecule has 0 aromatic rings. The molecule has 0 saturated carbocycles. The summed E-state index contributed by atoms with van der Waals surface area (Å²) in [4.78, 5) is 19.0. The van der Waals surface area contributed by atoms with Crippen molar-refractivity contribution in [2.24, 2.45) is 5.73 Å². The molecule has 0 aromatic carbocycles. The maximum Gasteiger partial charge on any atom is 0.236 e. The van der Waals surface area contributed by atoms with Crippen LogP contribution in [0.5, 0.6) is 0 Å². The highest BCUT2D eigenvalue weighted by Crippen LogP contribution is 2.10. The molecule has 0 aromatic heterocycles. The Bertz CT molecular complexity index is 271. The zero-order valence-electron chi connectivity index (χ0n) is 12.0. The van der Waals surface area contributed by atoms with Crippen LogP contribution < -0.4 is 5.73 Å². The summed E-state index contributed by atoms with van der Waals surface area (Å²) in [5, 5.41) is 0. The fraction of sp³-hybridized carbons (Fsp3) is 0.929. The zero-order chi connectivity index (χ0) is 13.5. The van der Waals surface area contributed by atoms with Crippen LogP contribution in [0.4, 0.5) is 0 Å². The molecule has 5 nitrogen and oxygen atoms in total. The Morgan fingerprint density at radius 1 is 0.895 bits per heavy atom. The summed E-state index contributed by atoms with van der Waals surface area (Å²) >= 11 is 0. The van der Waals surface area contributed by atoms with Gasteiger partial charge in [-0.25, -0.2) is 0 Å². The fourth-order valence-electron chi connectivity index (χ4n) is 2.92. The van der Waals surface area contributed by atoms with Crippen molar-refractivity contribution in [2.75, 3.05) is 58.9 Å². The van der Waals surface area contributed by atoms with Crippen LogP contribution in [0.25, 0.3) is 0 Å². The van der Waals surface area contributed by atoms with Gasteiger partial charge < -0.3 is 15.5 Å². The van der Waals surface area contributed by atoms with Gasteiger partial charge in [0.25, 0.3) is 0 Å². The minimum absolute atomic E-state index is 0.329. The smallest absolute Gasteiger partial charge is 0.236 e. The van der Waals surface area contributed by atoms with Gasteiger partial charge in [0.1, 0.15) is 0 Å². The van der Waals surface area contributed by atoms with Crippen LogP contribution in [0.3, 0.4) is 0 Å². The highest BCUT2D eigenvalue weighted by Gasteiger charge is 2.22. The summed E-state index contributed by atoms with van der Waals surface area (Å²) in [5.74, 6) is 0.329. The largest absolute Gasteiger partial charge is 0.342 e. The molecule has 2 heterocycles. The van der Waals surface area contributed by atoms with Gasteiger partial charge in [-0.15, -0.1) is 0 Å². The van der Waals surface area contributed by atoms with E-state index in [9.17, 15) is 4.79 Å². The molecule has 5 heteroatoms. The normalized spacial score (nSPS) is 22.7. The second-order valence-corrected chi connectivity index (χ2v) is 5.70. The summed E-state index contributed by atoms with van der Waals surface area (Å²) in [6.07, 6.45) is 4.72. The van der Waals surface area contributed by atoms with E-state index in [0.29, 0.717) is 12.5 Å². The van der Waals surface area contributed by atoms with Gasteiger partial charge in [-0.3, -0.25) is 9.69 Å². The summed E-state index contributed by atoms with van der Waals surface area (Å²) in [6, 6.07) is 0. The van der Waals surface area contributed by atoms with Crippen molar-refractivity contribution in [1.82, 2.24) is 14.7 Å². The van der Waals surface area contributed by atoms with Crippen LogP contribution in [0.15, 0.2) is 0 Å². The molecule has 2 N–H and O–H groups in total. The van der Waals surface area contributed by atoms with E-state index in [1.54, 1.807) is 0 Å². The van der Waals surface area contributed by atoms with Gasteiger partial charge in [0.05, 0.1) is 6.54 Å². The monoisotopic (exact) mass is 268 g/mol. The van der Waals surface area contributed by atoms with Crippen LogP contribution >= 0.6 is 0 Å². The Morgan fingerprint density at radius 2 is 1.53 bits per heavy atom. The second kappa shape index (κ2) is 7.82. The van der Waals surface area contributed by atoms with E-state index in [4.69, 9.17) is 5.73 Å². The van der Waals surface area contributed by atoms with E-state index in [0.717, 1.165) is 58.8 Å². The molecule has 2 fully saturated rings. The first-order chi connectivity index (χ1) is 9.29. The van der Waals surface area contributed by atoms with Crippen LogP contribution in [-0.2, 0) is 4.79 Å². The molecule has 110 valence electrons. The van der Waals surface area contributed by atoms with E-state index < -0.39 is 0 Å². The highest BCUT2D eigenvalue weighted by atomic mass is 16.2. The molecule has 2 rings (SSSR count). The molecule has 0 atom stereocenters. The molecule has 0 unspecified atom stereocenters. The van der Waals surface area contributed by atoms with Crippen molar-refractivity contribution in [3.05, 3.63) is 0 Å². The number of piperidine rings is 1. The predicted octanol–water partition coefficient (Wildman–Crippen LogP) is -0.0347. The second-order valence-electron chi connectivity index (χ2n) is 5.70. The lowest BCUT2D eigenvalue weighted by molar-refractivity contribution is -0.133. The Labute approximate surface area is 116 Å². The van der Waals surface area contributed by atoms with Crippen molar-refractivity contribution < 1.29 is 4.79 Å². The van der Waals surface area contributed by atoms with Crippen molar-refractivity contribution in [3.8, 4) is 0 Å².